The third kappa shape index (κ3) is 3.94. The van der Waals surface area contributed by atoms with Gasteiger partial charge in [-0.2, -0.15) is 0 Å². The number of benzene rings is 1. The number of guanidine groups is 1. The molecule has 8 heteroatoms. The minimum absolute atomic E-state index is 0. The molecule has 1 aromatic rings. The molecule has 0 amide bonds. The summed E-state index contributed by atoms with van der Waals surface area (Å²) in [6, 6.07) is 3.71. The van der Waals surface area contributed by atoms with Crippen LogP contribution in [0.3, 0.4) is 0 Å². The number of nitrogens with one attached hydrogen (secondary N) is 2. The molecular formula is C20H28F2IN3O2. The number of halogens is 3. The van der Waals surface area contributed by atoms with Crippen LogP contribution in [-0.2, 0) is 4.74 Å². The van der Waals surface area contributed by atoms with Gasteiger partial charge in [0.15, 0.2) is 17.5 Å². The van der Waals surface area contributed by atoms with E-state index in [9.17, 15) is 8.78 Å². The van der Waals surface area contributed by atoms with Gasteiger partial charge in [0, 0.05) is 36.6 Å². The van der Waals surface area contributed by atoms with Crippen LogP contribution in [0.2, 0.25) is 0 Å². The molecule has 5 nitrogen and oxygen atoms in total. The monoisotopic (exact) mass is 507 g/mol. The number of ether oxygens (including phenoxy) is 2. The van der Waals surface area contributed by atoms with Gasteiger partial charge in [0.25, 0.3) is 0 Å². The molecule has 0 radical (unpaired) electrons. The van der Waals surface area contributed by atoms with Crippen LogP contribution in [0.5, 0.6) is 5.75 Å². The van der Waals surface area contributed by atoms with Crippen molar-refractivity contribution in [2.24, 2.45) is 16.3 Å². The number of rotatable bonds is 6. The first-order valence-electron chi connectivity index (χ1n) is 9.88. The van der Waals surface area contributed by atoms with E-state index in [0.29, 0.717) is 24.6 Å². The normalized spacial score (nSPS) is 27.2. The van der Waals surface area contributed by atoms with E-state index in [0.717, 1.165) is 31.6 Å². The smallest absolute Gasteiger partial charge is 0.191 e. The summed E-state index contributed by atoms with van der Waals surface area (Å²) in [4.78, 5) is 4.57. The van der Waals surface area contributed by atoms with Gasteiger partial charge in [0.2, 0.25) is 0 Å². The Morgan fingerprint density at radius 1 is 1.36 bits per heavy atom. The lowest BCUT2D eigenvalue weighted by atomic mass is 9.46. The third-order valence-electron chi connectivity index (χ3n) is 6.19. The molecule has 3 aliphatic rings. The fourth-order valence-electron chi connectivity index (χ4n) is 4.83. The van der Waals surface area contributed by atoms with Gasteiger partial charge in [-0.15, -0.1) is 24.0 Å². The number of aliphatic imine (C=N–C) groups is 1. The second-order valence-corrected chi connectivity index (χ2v) is 7.64. The predicted octanol–water partition coefficient (Wildman–Crippen LogP) is 3.47. The molecule has 2 saturated carbocycles. The van der Waals surface area contributed by atoms with Crippen molar-refractivity contribution in [1.82, 2.24) is 10.6 Å². The Bertz CT molecular complexity index is 715. The van der Waals surface area contributed by atoms with Crippen LogP contribution in [-0.4, -0.2) is 44.4 Å². The SMILES string of the molecule is CCNC(=NCCOc1ccc(F)cc1F)NC1C2CCOC2C12CCC2.I. The number of hydrogen-bond donors (Lipinski definition) is 2. The molecule has 1 spiro atoms. The molecule has 3 fully saturated rings. The van der Waals surface area contributed by atoms with E-state index in [1.54, 1.807) is 0 Å². The zero-order valence-corrected chi connectivity index (χ0v) is 18.4. The van der Waals surface area contributed by atoms with Crippen LogP contribution in [0.25, 0.3) is 0 Å². The summed E-state index contributed by atoms with van der Waals surface area (Å²) in [7, 11) is 0. The lowest BCUT2D eigenvalue weighted by Crippen LogP contribution is -2.72. The number of nitrogens with zero attached hydrogens (tertiary/aromatic N) is 1. The molecule has 0 aromatic heterocycles. The highest BCUT2D eigenvalue weighted by atomic mass is 127. The van der Waals surface area contributed by atoms with E-state index < -0.39 is 11.6 Å². The summed E-state index contributed by atoms with van der Waals surface area (Å²) in [6.45, 7) is 4.27. The molecule has 3 unspecified atom stereocenters. The average molecular weight is 507 g/mol. The van der Waals surface area contributed by atoms with Crippen LogP contribution in [0.15, 0.2) is 23.2 Å². The van der Waals surface area contributed by atoms with E-state index in [2.05, 4.69) is 15.6 Å². The summed E-state index contributed by atoms with van der Waals surface area (Å²) in [5.74, 6) is 0.0674. The fourth-order valence-corrected chi connectivity index (χ4v) is 4.83. The van der Waals surface area contributed by atoms with Gasteiger partial charge in [0.05, 0.1) is 12.6 Å². The van der Waals surface area contributed by atoms with E-state index in [-0.39, 0.29) is 41.7 Å². The molecule has 156 valence electrons. The zero-order valence-electron chi connectivity index (χ0n) is 16.0. The van der Waals surface area contributed by atoms with Crippen molar-refractivity contribution in [2.75, 3.05) is 26.3 Å². The van der Waals surface area contributed by atoms with Crippen molar-refractivity contribution in [3.05, 3.63) is 29.8 Å². The molecule has 1 heterocycles. The highest BCUT2D eigenvalue weighted by molar-refractivity contribution is 14.0. The lowest BCUT2D eigenvalue weighted by Gasteiger charge is -2.63. The van der Waals surface area contributed by atoms with E-state index in [4.69, 9.17) is 9.47 Å². The highest BCUT2D eigenvalue weighted by Crippen LogP contribution is 2.62. The van der Waals surface area contributed by atoms with Gasteiger partial charge in [-0.1, -0.05) is 6.42 Å². The summed E-state index contributed by atoms with van der Waals surface area (Å²) >= 11 is 0. The van der Waals surface area contributed by atoms with Gasteiger partial charge in [0.1, 0.15) is 12.4 Å². The van der Waals surface area contributed by atoms with Crippen molar-refractivity contribution >= 4 is 29.9 Å². The fraction of sp³-hybridized carbons (Fsp3) is 0.650. The second kappa shape index (κ2) is 9.11. The maximum atomic E-state index is 13.6. The van der Waals surface area contributed by atoms with Crippen molar-refractivity contribution in [1.29, 1.82) is 0 Å². The van der Waals surface area contributed by atoms with Crippen molar-refractivity contribution in [3.8, 4) is 5.75 Å². The summed E-state index contributed by atoms with van der Waals surface area (Å²) in [6.07, 6.45) is 5.24. The highest BCUT2D eigenvalue weighted by Gasteiger charge is 2.66. The molecule has 4 rings (SSSR count). The Morgan fingerprint density at radius 3 is 2.86 bits per heavy atom. The molecule has 2 aliphatic carbocycles. The Kier molecular flexibility index (Phi) is 7.01. The summed E-state index contributed by atoms with van der Waals surface area (Å²) in [5, 5.41) is 6.90. The largest absolute Gasteiger partial charge is 0.489 e. The van der Waals surface area contributed by atoms with Crippen LogP contribution in [0, 0.1) is 23.0 Å². The van der Waals surface area contributed by atoms with Crippen LogP contribution in [0.1, 0.15) is 32.6 Å². The Hall–Kier alpha value is -1.16. The molecule has 3 atom stereocenters. The minimum Gasteiger partial charge on any atom is -0.489 e. The van der Waals surface area contributed by atoms with Crippen LogP contribution in [0.4, 0.5) is 8.78 Å². The first-order chi connectivity index (χ1) is 13.1. The average Bonchev–Trinajstić information content (AvgIpc) is 3.01. The molecule has 1 saturated heterocycles. The summed E-state index contributed by atoms with van der Waals surface area (Å²) < 4.78 is 37.9. The van der Waals surface area contributed by atoms with Gasteiger partial charge in [-0.3, -0.25) is 0 Å². The van der Waals surface area contributed by atoms with Crippen LogP contribution >= 0.6 is 24.0 Å². The predicted molar refractivity (Wildman–Crippen MR) is 114 cm³/mol. The van der Waals surface area contributed by atoms with Crippen LogP contribution < -0.4 is 15.4 Å². The van der Waals surface area contributed by atoms with E-state index in [1.807, 2.05) is 6.92 Å². The first kappa shape index (κ1) is 21.5. The Labute approximate surface area is 181 Å². The quantitative estimate of drug-likeness (QED) is 0.268. The maximum absolute atomic E-state index is 13.6. The number of fused-ring (bicyclic) bond motifs is 2. The zero-order chi connectivity index (χ0) is 18.9. The first-order valence-corrected chi connectivity index (χ1v) is 9.88. The lowest BCUT2D eigenvalue weighted by molar-refractivity contribution is -0.171. The molecule has 28 heavy (non-hydrogen) atoms. The van der Waals surface area contributed by atoms with Crippen molar-refractivity contribution in [3.63, 3.8) is 0 Å². The molecule has 2 N–H and O–H groups in total. The van der Waals surface area contributed by atoms with Gasteiger partial charge in [-0.05, 0) is 38.3 Å². The minimum atomic E-state index is -0.697. The van der Waals surface area contributed by atoms with Crippen molar-refractivity contribution < 1.29 is 18.3 Å². The molecule has 0 bridgehead atoms. The van der Waals surface area contributed by atoms with Gasteiger partial charge >= 0.3 is 0 Å². The van der Waals surface area contributed by atoms with Gasteiger partial charge in [-0.25, -0.2) is 13.8 Å². The topological polar surface area (TPSA) is 54.9 Å². The van der Waals surface area contributed by atoms with E-state index in [1.165, 1.54) is 31.4 Å². The third-order valence-corrected chi connectivity index (χ3v) is 6.19. The summed E-state index contributed by atoms with van der Waals surface area (Å²) in [5.41, 5.74) is 0.283. The van der Waals surface area contributed by atoms with Gasteiger partial charge < -0.3 is 20.1 Å². The Morgan fingerprint density at radius 2 is 2.18 bits per heavy atom. The van der Waals surface area contributed by atoms with E-state index >= 15 is 0 Å². The molecule has 1 aromatic carbocycles. The molecular weight excluding hydrogens is 479 g/mol. The standard InChI is InChI=1S/C20H27F2N3O2.HI/c1-2-23-19(24-9-11-26-16-5-4-13(21)12-15(16)22)25-17-14-6-10-27-18(14)20(17)7-3-8-20;/h4-5,12,14,17-18H,2-3,6-11H2,1H3,(H2,23,24,25);1H. The molecule has 1 aliphatic heterocycles. The maximum Gasteiger partial charge on any atom is 0.191 e. The Balaban J connectivity index is 0.00000225. The van der Waals surface area contributed by atoms with Crippen molar-refractivity contribution in [2.45, 2.75) is 44.8 Å². The number of hydrogen-bond acceptors (Lipinski definition) is 3. The second-order valence-electron chi connectivity index (χ2n) is 7.64.